The fraction of sp³-hybridized carbons (Fsp3) is 0.417. The van der Waals surface area contributed by atoms with Crippen LogP contribution in [-0.4, -0.2) is 19.1 Å². The molecule has 0 radical (unpaired) electrons. The number of esters is 1. The molecule has 1 aromatic carbocycles. The van der Waals surface area contributed by atoms with Crippen LogP contribution in [0.5, 0.6) is 0 Å². The van der Waals surface area contributed by atoms with Crippen molar-refractivity contribution in [3.8, 4) is 0 Å². The highest BCUT2D eigenvalue weighted by Crippen LogP contribution is 2.18. The van der Waals surface area contributed by atoms with Crippen molar-refractivity contribution < 1.29 is 13.9 Å². The smallest absolute Gasteiger partial charge is 0.325 e. The van der Waals surface area contributed by atoms with E-state index >= 15 is 0 Å². The van der Waals surface area contributed by atoms with Gasteiger partial charge in [0.15, 0.2) is 0 Å². The number of halogens is 2. The highest BCUT2D eigenvalue weighted by Gasteiger charge is 2.06. The Labute approximate surface area is 105 Å². The lowest BCUT2D eigenvalue weighted by Gasteiger charge is -2.07. The van der Waals surface area contributed by atoms with E-state index in [9.17, 15) is 9.18 Å². The van der Waals surface area contributed by atoms with Crippen molar-refractivity contribution in [2.75, 3.05) is 18.5 Å². The van der Waals surface area contributed by atoms with Crippen molar-refractivity contribution in [3.05, 3.63) is 29.0 Å². The molecular formula is C12H15ClFNO2. The maximum atomic E-state index is 13.3. The van der Waals surface area contributed by atoms with Crippen molar-refractivity contribution in [2.45, 2.75) is 19.8 Å². The Hall–Kier alpha value is -1.29. The van der Waals surface area contributed by atoms with Gasteiger partial charge < -0.3 is 10.1 Å². The minimum Gasteiger partial charge on any atom is -0.464 e. The first-order valence-electron chi connectivity index (χ1n) is 5.48. The third kappa shape index (κ3) is 5.04. The number of carbonyl (C=O) groups excluding carboxylic acids is 1. The van der Waals surface area contributed by atoms with E-state index in [0.29, 0.717) is 11.6 Å². The summed E-state index contributed by atoms with van der Waals surface area (Å²) in [5.41, 5.74) is 0.238. The highest BCUT2D eigenvalue weighted by atomic mass is 35.5. The van der Waals surface area contributed by atoms with Crippen LogP contribution in [0.4, 0.5) is 10.1 Å². The summed E-state index contributed by atoms with van der Waals surface area (Å²) in [5, 5.41) is 2.98. The van der Waals surface area contributed by atoms with Crippen LogP contribution < -0.4 is 5.32 Å². The molecule has 1 N–H and O–H groups in total. The molecule has 0 aliphatic carbocycles. The predicted molar refractivity (Wildman–Crippen MR) is 65.8 cm³/mol. The van der Waals surface area contributed by atoms with Crippen LogP contribution in [0.15, 0.2) is 18.2 Å². The van der Waals surface area contributed by atoms with Crippen LogP contribution in [0, 0.1) is 5.82 Å². The predicted octanol–water partition coefficient (Wildman–Crippen LogP) is 3.23. The van der Waals surface area contributed by atoms with Gasteiger partial charge in [0, 0.05) is 5.02 Å². The lowest BCUT2D eigenvalue weighted by molar-refractivity contribution is -0.141. The molecule has 17 heavy (non-hydrogen) atoms. The molecule has 0 aromatic heterocycles. The molecule has 0 atom stereocenters. The quantitative estimate of drug-likeness (QED) is 0.630. The maximum absolute atomic E-state index is 13.3. The Morgan fingerprint density at radius 2 is 2.29 bits per heavy atom. The lowest BCUT2D eigenvalue weighted by atomic mass is 10.3. The van der Waals surface area contributed by atoms with Gasteiger partial charge in [0.25, 0.3) is 0 Å². The van der Waals surface area contributed by atoms with Gasteiger partial charge in [0.05, 0.1) is 12.3 Å². The van der Waals surface area contributed by atoms with E-state index in [2.05, 4.69) is 5.32 Å². The molecule has 0 fully saturated rings. The molecule has 0 unspecified atom stereocenters. The van der Waals surface area contributed by atoms with Gasteiger partial charge in [-0.2, -0.15) is 0 Å². The lowest BCUT2D eigenvalue weighted by Crippen LogP contribution is -2.17. The Morgan fingerprint density at radius 1 is 1.53 bits per heavy atom. The van der Waals surface area contributed by atoms with Gasteiger partial charge in [-0.25, -0.2) is 4.39 Å². The van der Waals surface area contributed by atoms with E-state index in [4.69, 9.17) is 16.3 Å². The van der Waals surface area contributed by atoms with Crippen LogP contribution in [-0.2, 0) is 9.53 Å². The molecule has 1 rings (SSSR count). The first-order valence-corrected chi connectivity index (χ1v) is 5.86. The second-order valence-electron chi connectivity index (χ2n) is 3.55. The summed E-state index contributed by atoms with van der Waals surface area (Å²) in [6.45, 7) is 2.36. The van der Waals surface area contributed by atoms with Crippen LogP contribution in [0.1, 0.15) is 19.8 Å². The first-order chi connectivity index (χ1) is 8.13. The van der Waals surface area contributed by atoms with Gasteiger partial charge in [0.2, 0.25) is 0 Å². The number of anilines is 1. The number of unbranched alkanes of at least 4 members (excludes halogenated alkanes) is 1. The van der Waals surface area contributed by atoms with E-state index in [-0.39, 0.29) is 12.2 Å². The number of nitrogens with one attached hydrogen (secondary N) is 1. The average molecular weight is 260 g/mol. The van der Waals surface area contributed by atoms with Gasteiger partial charge in [0.1, 0.15) is 12.4 Å². The summed E-state index contributed by atoms with van der Waals surface area (Å²) in [4.78, 5) is 11.2. The maximum Gasteiger partial charge on any atom is 0.325 e. The number of hydrogen-bond acceptors (Lipinski definition) is 3. The van der Waals surface area contributed by atoms with Crippen LogP contribution >= 0.6 is 11.6 Å². The summed E-state index contributed by atoms with van der Waals surface area (Å²) in [5.74, 6) is -0.883. The highest BCUT2D eigenvalue weighted by molar-refractivity contribution is 6.30. The second-order valence-corrected chi connectivity index (χ2v) is 3.99. The van der Waals surface area contributed by atoms with E-state index in [1.807, 2.05) is 6.92 Å². The third-order valence-corrected chi connectivity index (χ3v) is 2.35. The molecule has 0 spiro atoms. The molecule has 0 bridgehead atoms. The monoisotopic (exact) mass is 259 g/mol. The summed E-state index contributed by atoms with van der Waals surface area (Å²) in [6, 6.07) is 4.22. The standard InChI is InChI=1S/C12H15ClFNO2/c1-2-3-6-17-12(16)8-15-11-5-4-9(13)7-10(11)14/h4-5,7,15H,2-3,6,8H2,1H3. The normalized spacial score (nSPS) is 10.1. The Morgan fingerprint density at radius 3 is 2.94 bits per heavy atom. The first kappa shape index (κ1) is 13.8. The zero-order valence-electron chi connectivity index (χ0n) is 9.63. The van der Waals surface area contributed by atoms with E-state index in [1.165, 1.54) is 12.1 Å². The minimum atomic E-state index is -0.487. The Balaban J connectivity index is 2.37. The fourth-order valence-corrected chi connectivity index (χ4v) is 1.34. The zero-order chi connectivity index (χ0) is 12.7. The van der Waals surface area contributed by atoms with Crippen LogP contribution in [0.25, 0.3) is 0 Å². The van der Waals surface area contributed by atoms with Gasteiger partial charge in [-0.1, -0.05) is 24.9 Å². The largest absolute Gasteiger partial charge is 0.464 e. The average Bonchev–Trinajstić information content (AvgIpc) is 2.28. The molecule has 5 heteroatoms. The Bertz CT molecular complexity index is 385. The molecule has 1 aromatic rings. The zero-order valence-corrected chi connectivity index (χ0v) is 10.4. The third-order valence-electron chi connectivity index (χ3n) is 2.12. The summed E-state index contributed by atoms with van der Waals surface area (Å²) < 4.78 is 18.2. The molecule has 0 amide bonds. The summed E-state index contributed by atoms with van der Waals surface area (Å²) >= 11 is 5.60. The molecular weight excluding hydrogens is 245 g/mol. The van der Waals surface area contributed by atoms with E-state index < -0.39 is 11.8 Å². The van der Waals surface area contributed by atoms with Crippen molar-refractivity contribution in [2.24, 2.45) is 0 Å². The number of rotatable bonds is 6. The summed E-state index contributed by atoms with van der Waals surface area (Å²) in [7, 11) is 0. The number of benzene rings is 1. The van der Waals surface area contributed by atoms with Crippen LogP contribution in [0.3, 0.4) is 0 Å². The molecule has 3 nitrogen and oxygen atoms in total. The number of carbonyl (C=O) groups is 1. The van der Waals surface area contributed by atoms with Crippen LogP contribution in [0.2, 0.25) is 5.02 Å². The topological polar surface area (TPSA) is 38.3 Å². The summed E-state index contributed by atoms with van der Waals surface area (Å²) in [6.07, 6.45) is 1.80. The minimum absolute atomic E-state index is 0.0533. The number of hydrogen-bond donors (Lipinski definition) is 1. The molecule has 0 aliphatic heterocycles. The molecule has 0 heterocycles. The Kier molecular flexibility index (Phi) is 5.77. The number of ether oxygens (including phenoxy) is 1. The molecule has 0 saturated carbocycles. The van der Waals surface area contributed by atoms with Crippen molar-refractivity contribution in [3.63, 3.8) is 0 Å². The van der Waals surface area contributed by atoms with Gasteiger partial charge in [-0.3, -0.25) is 4.79 Å². The van der Waals surface area contributed by atoms with E-state index in [0.717, 1.165) is 12.8 Å². The van der Waals surface area contributed by atoms with Gasteiger partial charge >= 0.3 is 5.97 Å². The molecule has 94 valence electrons. The van der Waals surface area contributed by atoms with Crippen molar-refractivity contribution >= 4 is 23.3 Å². The van der Waals surface area contributed by atoms with E-state index in [1.54, 1.807) is 6.07 Å². The molecule has 0 saturated heterocycles. The van der Waals surface area contributed by atoms with Crippen molar-refractivity contribution in [1.82, 2.24) is 0 Å². The van der Waals surface area contributed by atoms with Gasteiger partial charge in [-0.15, -0.1) is 0 Å². The van der Waals surface area contributed by atoms with Gasteiger partial charge in [-0.05, 0) is 24.6 Å². The SMILES string of the molecule is CCCCOC(=O)CNc1ccc(Cl)cc1F. The second kappa shape index (κ2) is 7.12. The molecule has 0 aliphatic rings. The van der Waals surface area contributed by atoms with Crippen molar-refractivity contribution in [1.29, 1.82) is 0 Å². The fourth-order valence-electron chi connectivity index (χ4n) is 1.18.